The first-order valence-electron chi connectivity index (χ1n) is 6.06. The number of halogens is 1. The minimum absolute atomic E-state index is 0.776. The maximum atomic E-state index is 5.92. The molecular formula is C14H15ClN2. The normalized spacial score (nSPS) is 14.7. The van der Waals surface area contributed by atoms with E-state index in [0.29, 0.717) is 0 Å². The number of aryl methyl sites for hydroxylation is 1. The lowest BCUT2D eigenvalue weighted by atomic mass is 9.93. The van der Waals surface area contributed by atoms with Gasteiger partial charge in [0, 0.05) is 28.9 Å². The molecule has 0 atom stereocenters. The van der Waals surface area contributed by atoms with Crippen LogP contribution in [0.15, 0.2) is 24.3 Å². The molecule has 0 aliphatic heterocycles. The molecule has 0 bridgehead atoms. The molecule has 0 saturated heterocycles. The van der Waals surface area contributed by atoms with Crippen LogP contribution in [0, 0.1) is 0 Å². The third-order valence-electron chi connectivity index (χ3n) is 3.48. The van der Waals surface area contributed by atoms with E-state index in [4.69, 9.17) is 11.6 Å². The van der Waals surface area contributed by atoms with E-state index in [0.717, 1.165) is 23.6 Å². The highest BCUT2D eigenvalue weighted by molar-refractivity contribution is 6.30. The molecular weight excluding hydrogens is 232 g/mol. The van der Waals surface area contributed by atoms with Crippen LogP contribution in [-0.4, -0.2) is 9.78 Å². The lowest BCUT2D eigenvalue weighted by molar-refractivity contribution is 0.626. The van der Waals surface area contributed by atoms with Crippen LogP contribution in [0.2, 0.25) is 5.02 Å². The molecule has 1 aliphatic carbocycles. The van der Waals surface area contributed by atoms with E-state index in [1.165, 1.54) is 29.7 Å². The van der Waals surface area contributed by atoms with Crippen LogP contribution in [0.25, 0.3) is 11.3 Å². The first kappa shape index (κ1) is 10.8. The molecule has 0 radical (unpaired) electrons. The molecule has 0 amide bonds. The maximum Gasteiger partial charge on any atom is 0.0957 e. The van der Waals surface area contributed by atoms with Crippen molar-refractivity contribution in [2.75, 3.05) is 0 Å². The van der Waals surface area contributed by atoms with Crippen molar-refractivity contribution in [3.63, 3.8) is 0 Å². The number of hydrogen-bond acceptors (Lipinski definition) is 1. The highest BCUT2D eigenvalue weighted by Crippen LogP contribution is 2.31. The van der Waals surface area contributed by atoms with E-state index >= 15 is 0 Å². The van der Waals surface area contributed by atoms with Crippen LogP contribution in [0.3, 0.4) is 0 Å². The van der Waals surface area contributed by atoms with Gasteiger partial charge in [0.15, 0.2) is 0 Å². The summed E-state index contributed by atoms with van der Waals surface area (Å²) in [6.45, 7) is 0. The van der Waals surface area contributed by atoms with Crippen LogP contribution >= 0.6 is 11.6 Å². The van der Waals surface area contributed by atoms with Gasteiger partial charge in [0.2, 0.25) is 0 Å². The molecule has 1 heterocycles. The molecule has 1 aliphatic rings. The van der Waals surface area contributed by atoms with Crippen molar-refractivity contribution in [1.29, 1.82) is 0 Å². The number of aromatic nitrogens is 2. The topological polar surface area (TPSA) is 17.8 Å². The fourth-order valence-electron chi connectivity index (χ4n) is 2.61. The van der Waals surface area contributed by atoms with Gasteiger partial charge in [-0.2, -0.15) is 5.10 Å². The van der Waals surface area contributed by atoms with Crippen LogP contribution in [0.1, 0.15) is 24.1 Å². The fraction of sp³-hybridized carbons (Fsp3) is 0.357. The lowest BCUT2D eigenvalue weighted by Gasteiger charge is -2.12. The summed E-state index contributed by atoms with van der Waals surface area (Å²) in [5.74, 6) is 0. The Labute approximate surface area is 106 Å². The Hall–Kier alpha value is -1.28. The number of fused-ring (bicyclic) bond motifs is 1. The molecule has 0 saturated carbocycles. The smallest absolute Gasteiger partial charge is 0.0957 e. The highest BCUT2D eigenvalue weighted by atomic mass is 35.5. The van der Waals surface area contributed by atoms with Crippen molar-refractivity contribution >= 4 is 11.6 Å². The monoisotopic (exact) mass is 246 g/mol. The largest absolute Gasteiger partial charge is 0.272 e. The second-order valence-corrected chi connectivity index (χ2v) is 5.05. The standard InChI is InChI=1S/C14H15ClN2/c1-17-13-5-3-2-4-12(13)14(16-17)10-6-8-11(15)9-7-10/h6-9H,2-5H2,1H3. The summed E-state index contributed by atoms with van der Waals surface area (Å²) in [6.07, 6.45) is 4.87. The minimum Gasteiger partial charge on any atom is -0.272 e. The van der Waals surface area contributed by atoms with Gasteiger partial charge in [-0.05, 0) is 37.8 Å². The quantitative estimate of drug-likeness (QED) is 0.752. The van der Waals surface area contributed by atoms with E-state index in [2.05, 4.69) is 17.2 Å². The second kappa shape index (κ2) is 4.19. The average Bonchev–Trinajstić information content (AvgIpc) is 2.69. The molecule has 17 heavy (non-hydrogen) atoms. The lowest BCUT2D eigenvalue weighted by Crippen LogP contribution is -2.05. The number of hydrogen-bond donors (Lipinski definition) is 0. The summed E-state index contributed by atoms with van der Waals surface area (Å²) in [5.41, 5.74) is 5.15. The molecule has 1 aromatic heterocycles. The predicted octanol–water partition coefficient (Wildman–Crippen LogP) is 3.62. The second-order valence-electron chi connectivity index (χ2n) is 4.61. The minimum atomic E-state index is 0.776. The molecule has 0 unspecified atom stereocenters. The Morgan fingerprint density at radius 2 is 1.82 bits per heavy atom. The Bertz CT molecular complexity index is 540. The van der Waals surface area contributed by atoms with Gasteiger partial charge in [-0.15, -0.1) is 0 Å². The first-order chi connectivity index (χ1) is 8.25. The molecule has 3 rings (SSSR count). The van der Waals surface area contributed by atoms with Gasteiger partial charge in [-0.25, -0.2) is 0 Å². The van der Waals surface area contributed by atoms with Crippen LogP contribution in [-0.2, 0) is 19.9 Å². The number of benzene rings is 1. The summed E-state index contributed by atoms with van der Waals surface area (Å²) < 4.78 is 2.04. The molecule has 0 spiro atoms. The summed E-state index contributed by atoms with van der Waals surface area (Å²) in [5, 5.41) is 5.44. The van der Waals surface area contributed by atoms with Crippen LogP contribution < -0.4 is 0 Å². The van der Waals surface area contributed by atoms with Crippen molar-refractivity contribution in [2.24, 2.45) is 7.05 Å². The van der Waals surface area contributed by atoms with Gasteiger partial charge in [-0.3, -0.25) is 4.68 Å². The van der Waals surface area contributed by atoms with E-state index in [-0.39, 0.29) is 0 Å². The summed E-state index contributed by atoms with van der Waals surface area (Å²) in [4.78, 5) is 0. The summed E-state index contributed by atoms with van der Waals surface area (Å²) in [7, 11) is 2.05. The Kier molecular flexibility index (Phi) is 2.67. The average molecular weight is 247 g/mol. The van der Waals surface area contributed by atoms with E-state index < -0.39 is 0 Å². The van der Waals surface area contributed by atoms with Gasteiger partial charge in [0.1, 0.15) is 0 Å². The zero-order valence-electron chi connectivity index (χ0n) is 9.91. The van der Waals surface area contributed by atoms with Gasteiger partial charge in [0.25, 0.3) is 0 Å². The molecule has 88 valence electrons. The molecule has 2 aromatic rings. The molecule has 1 aromatic carbocycles. The summed E-state index contributed by atoms with van der Waals surface area (Å²) in [6, 6.07) is 7.97. The third kappa shape index (κ3) is 1.87. The molecule has 3 heteroatoms. The maximum absolute atomic E-state index is 5.92. The van der Waals surface area contributed by atoms with Crippen molar-refractivity contribution in [3.8, 4) is 11.3 Å². The van der Waals surface area contributed by atoms with Gasteiger partial charge >= 0.3 is 0 Å². The van der Waals surface area contributed by atoms with Crippen LogP contribution in [0.5, 0.6) is 0 Å². The first-order valence-corrected chi connectivity index (χ1v) is 6.44. The molecule has 0 fully saturated rings. The fourth-order valence-corrected chi connectivity index (χ4v) is 2.74. The SMILES string of the molecule is Cn1nc(-c2ccc(Cl)cc2)c2c1CCCC2. The van der Waals surface area contributed by atoms with E-state index in [1.54, 1.807) is 0 Å². The zero-order chi connectivity index (χ0) is 11.8. The highest BCUT2D eigenvalue weighted by Gasteiger charge is 2.19. The Morgan fingerprint density at radius 1 is 1.12 bits per heavy atom. The van der Waals surface area contributed by atoms with Crippen molar-refractivity contribution < 1.29 is 0 Å². The summed E-state index contributed by atoms with van der Waals surface area (Å²) >= 11 is 5.92. The Morgan fingerprint density at radius 3 is 2.59 bits per heavy atom. The van der Waals surface area contributed by atoms with Gasteiger partial charge in [0.05, 0.1) is 5.69 Å². The number of nitrogens with zero attached hydrogens (tertiary/aromatic N) is 2. The van der Waals surface area contributed by atoms with Crippen molar-refractivity contribution in [3.05, 3.63) is 40.5 Å². The van der Waals surface area contributed by atoms with E-state index in [9.17, 15) is 0 Å². The van der Waals surface area contributed by atoms with Crippen LogP contribution in [0.4, 0.5) is 0 Å². The van der Waals surface area contributed by atoms with Gasteiger partial charge < -0.3 is 0 Å². The number of rotatable bonds is 1. The van der Waals surface area contributed by atoms with Gasteiger partial charge in [-0.1, -0.05) is 23.7 Å². The third-order valence-corrected chi connectivity index (χ3v) is 3.73. The predicted molar refractivity (Wildman–Crippen MR) is 70.3 cm³/mol. The zero-order valence-corrected chi connectivity index (χ0v) is 10.7. The van der Waals surface area contributed by atoms with Crippen molar-refractivity contribution in [2.45, 2.75) is 25.7 Å². The molecule has 0 N–H and O–H groups in total. The van der Waals surface area contributed by atoms with E-state index in [1.807, 2.05) is 23.9 Å². The van der Waals surface area contributed by atoms with Crippen molar-refractivity contribution in [1.82, 2.24) is 9.78 Å². The molecule has 2 nitrogen and oxygen atoms in total. The Balaban J connectivity index is 2.11.